The number of benzene rings is 1. The topological polar surface area (TPSA) is 76.1 Å². The summed E-state index contributed by atoms with van der Waals surface area (Å²) in [7, 11) is 1.41. The molecule has 1 aliphatic rings. The van der Waals surface area contributed by atoms with Crippen molar-refractivity contribution in [1.82, 2.24) is 4.90 Å². The lowest BCUT2D eigenvalue weighted by atomic mass is 10.0. The molecule has 0 spiro atoms. The molecule has 1 N–H and O–H groups in total. The number of ketones is 1. The number of carbonyl (C=O) groups excluding carboxylic acids is 2. The molecule has 6 nitrogen and oxygen atoms in total. The van der Waals surface area contributed by atoms with E-state index >= 15 is 0 Å². The Hall–Kier alpha value is -2.45. The highest BCUT2D eigenvalue weighted by Gasteiger charge is 2.33. The van der Waals surface area contributed by atoms with E-state index in [1.54, 1.807) is 16.3 Å². The molecule has 1 fully saturated rings. The SMILES string of the molecule is COc1cc(F)ccc1O[C@@H]1CCN(C(=O)c2csc(C(C)=O)c2)C[C@H]1O. The monoisotopic (exact) mass is 393 g/mol. The number of aliphatic hydroxyl groups is 1. The maximum Gasteiger partial charge on any atom is 0.254 e. The second-order valence-corrected chi connectivity index (χ2v) is 7.23. The van der Waals surface area contributed by atoms with Crippen LogP contribution >= 0.6 is 11.3 Å². The third-order valence-corrected chi connectivity index (χ3v) is 5.44. The fourth-order valence-electron chi connectivity index (χ4n) is 2.95. The number of hydrogen-bond acceptors (Lipinski definition) is 6. The van der Waals surface area contributed by atoms with Gasteiger partial charge in [0.15, 0.2) is 17.3 Å². The fourth-order valence-corrected chi connectivity index (χ4v) is 3.73. The smallest absolute Gasteiger partial charge is 0.254 e. The minimum absolute atomic E-state index is 0.0839. The minimum atomic E-state index is -0.900. The summed E-state index contributed by atoms with van der Waals surface area (Å²) in [6.45, 7) is 1.96. The first-order chi connectivity index (χ1) is 12.9. The molecule has 1 aromatic carbocycles. The number of aliphatic hydroxyl groups excluding tert-OH is 1. The summed E-state index contributed by atoms with van der Waals surface area (Å²) in [6, 6.07) is 5.50. The van der Waals surface area contributed by atoms with Crippen LogP contribution in [0.25, 0.3) is 0 Å². The van der Waals surface area contributed by atoms with Crippen LogP contribution in [-0.4, -0.2) is 54.1 Å². The summed E-state index contributed by atoms with van der Waals surface area (Å²) in [5, 5.41) is 12.1. The summed E-state index contributed by atoms with van der Waals surface area (Å²) in [6.07, 6.45) is -1.02. The van der Waals surface area contributed by atoms with Gasteiger partial charge in [-0.1, -0.05) is 0 Å². The van der Waals surface area contributed by atoms with E-state index in [9.17, 15) is 19.1 Å². The first-order valence-corrected chi connectivity index (χ1v) is 9.34. The molecule has 2 heterocycles. The second-order valence-electron chi connectivity index (χ2n) is 6.31. The van der Waals surface area contributed by atoms with Crippen molar-refractivity contribution in [2.75, 3.05) is 20.2 Å². The van der Waals surface area contributed by atoms with Gasteiger partial charge in [-0.05, 0) is 25.1 Å². The lowest BCUT2D eigenvalue weighted by Gasteiger charge is -2.36. The Morgan fingerprint density at radius 3 is 2.70 bits per heavy atom. The molecule has 1 saturated heterocycles. The number of thiophene rings is 1. The highest BCUT2D eigenvalue weighted by Crippen LogP contribution is 2.30. The third kappa shape index (κ3) is 4.28. The number of ether oxygens (including phenoxy) is 2. The second kappa shape index (κ2) is 8.06. The highest BCUT2D eigenvalue weighted by atomic mass is 32.1. The predicted molar refractivity (Wildman–Crippen MR) is 98.2 cm³/mol. The number of likely N-dealkylation sites (tertiary alicyclic amines) is 1. The molecule has 27 heavy (non-hydrogen) atoms. The Kier molecular flexibility index (Phi) is 5.76. The van der Waals surface area contributed by atoms with Gasteiger partial charge in [0.1, 0.15) is 18.0 Å². The summed E-state index contributed by atoms with van der Waals surface area (Å²) < 4.78 is 24.2. The molecule has 0 bridgehead atoms. The molecule has 3 rings (SSSR count). The maximum absolute atomic E-state index is 13.3. The van der Waals surface area contributed by atoms with Gasteiger partial charge >= 0.3 is 0 Å². The zero-order valence-corrected chi connectivity index (χ0v) is 15.8. The van der Waals surface area contributed by atoms with Gasteiger partial charge in [0.25, 0.3) is 5.91 Å². The average Bonchev–Trinajstić information content (AvgIpc) is 3.14. The molecule has 1 amide bonds. The molecule has 2 atom stereocenters. The molecule has 0 aliphatic carbocycles. The molecule has 1 aliphatic heterocycles. The summed E-state index contributed by atoms with van der Waals surface area (Å²) >= 11 is 1.23. The highest BCUT2D eigenvalue weighted by molar-refractivity contribution is 7.12. The van der Waals surface area contributed by atoms with Crippen LogP contribution in [0.3, 0.4) is 0 Å². The molecule has 8 heteroatoms. The standard InChI is InChI=1S/C19H20FNO5S/c1-11(22)18-7-12(10-27-18)19(24)21-6-5-15(14(23)9-21)26-16-4-3-13(20)8-17(16)25-2/h3-4,7-8,10,14-15,23H,5-6,9H2,1-2H3/t14-,15-/m1/s1. The van der Waals surface area contributed by atoms with Crippen molar-refractivity contribution in [2.45, 2.75) is 25.6 Å². The summed E-state index contributed by atoms with van der Waals surface area (Å²) in [5.74, 6) is -0.168. The summed E-state index contributed by atoms with van der Waals surface area (Å²) in [4.78, 5) is 26.1. The first kappa shape index (κ1) is 19.3. The first-order valence-electron chi connectivity index (χ1n) is 8.46. The average molecular weight is 393 g/mol. The number of Topliss-reactive ketones (excluding diaryl/α,β-unsaturated/α-hetero) is 1. The van der Waals surface area contributed by atoms with Gasteiger partial charge in [0, 0.05) is 24.4 Å². The van der Waals surface area contributed by atoms with Crippen LogP contribution in [0, 0.1) is 5.82 Å². The van der Waals surface area contributed by atoms with Crippen LogP contribution in [0.15, 0.2) is 29.6 Å². The molecule has 2 aromatic rings. The Balaban J connectivity index is 1.65. The van der Waals surface area contributed by atoms with Gasteiger partial charge in [0.2, 0.25) is 0 Å². The number of nitrogens with zero attached hydrogens (tertiary/aromatic N) is 1. The minimum Gasteiger partial charge on any atom is -0.493 e. The van der Waals surface area contributed by atoms with E-state index in [0.717, 1.165) is 0 Å². The molecule has 0 saturated carbocycles. The van der Waals surface area contributed by atoms with Crippen molar-refractivity contribution in [2.24, 2.45) is 0 Å². The maximum atomic E-state index is 13.3. The lowest BCUT2D eigenvalue weighted by Crippen LogP contribution is -2.51. The van der Waals surface area contributed by atoms with E-state index in [1.165, 1.54) is 43.6 Å². The molecular formula is C19H20FNO5S. The van der Waals surface area contributed by atoms with Gasteiger partial charge in [-0.3, -0.25) is 9.59 Å². The number of hydrogen-bond donors (Lipinski definition) is 1. The van der Waals surface area contributed by atoms with Crippen LogP contribution in [0.4, 0.5) is 4.39 Å². The van der Waals surface area contributed by atoms with Crippen molar-refractivity contribution in [3.63, 3.8) is 0 Å². The van der Waals surface area contributed by atoms with Gasteiger partial charge in [-0.15, -0.1) is 11.3 Å². The molecule has 0 radical (unpaired) electrons. The molecule has 1 aromatic heterocycles. The zero-order valence-electron chi connectivity index (χ0n) is 15.0. The number of amides is 1. The van der Waals surface area contributed by atoms with Crippen molar-refractivity contribution >= 4 is 23.0 Å². The Morgan fingerprint density at radius 1 is 1.30 bits per heavy atom. The largest absolute Gasteiger partial charge is 0.493 e. The van der Waals surface area contributed by atoms with Crippen molar-refractivity contribution < 1.29 is 28.6 Å². The number of piperidine rings is 1. The Bertz CT molecular complexity index is 852. The quantitative estimate of drug-likeness (QED) is 0.791. The van der Waals surface area contributed by atoms with Crippen LogP contribution in [0.1, 0.15) is 33.4 Å². The molecular weight excluding hydrogens is 373 g/mol. The van der Waals surface area contributed by atoms with Crippen LogP contribution in [0.2, 0.25) is 0 Å². The predicted octanol–water partition coefficient (Wildman–Crippen LogP) is 2.75. The van der Waals surface area contributed by atoms with Gasteiger partial charge in [0.05, 0.1) is 24.1 Å². The van der Waals surface area contributed by atoms with Crippen LogP contribution in [-0.2, 0) is 0 Å². The molecule has 144 valence electrons. The molecule has 0 unspecified atom stereocenters. The number of β-amino-alcohol motifs (C(OH)–C–C–N with tert-alkyl or cyclic N) is 1. The van der Waals surface area contributed by atoms with Crippen LogP contribution in [0.5, 0.6) is 11.5 Å². The summed E-state index contributed by atoms with van der Waals surface area (Å²) in [5.41, 5.74) is 0.442. The van der Waals surface area contributed by atoms with Gasteiger partial charge < -0.3 is 19.5 Å². The van der Waals surface area contributed by atoms with Crippen molar-refractivity contribution in [3.05, 3.63) is 45.9 Å². The lowest BCUT2D eigenvalue weighted by molar-refractivity contribution is -0.0207. The number of carbonyl (C=O) groups is 2. The van der Waals surface area contributed by atoms with E-state index < -0.39 is 18.0 Å². The Morgan fingerprint density at radius 2 is 2.07 bits per heavy atom. The van der Waals surface area contributed by atoms with E-state index in [4.69, 9.17) is 9.47 Å². The normalized spacial score (nSPS) is 19.6. The van der Waals surface area contributed by atoms with Crippen LogP contribution < -0.4 is 9.47 Å². The van der Waals surface area contributed by atoms with E-state index in [0.29, 0.717) is 29.2 Å². The van der Waals surface area contributed by atoms with E-state index in [-0.39, 0.29) is 24.0 Å². The van der Waals surface area contributed by atoms with Gasteiger partial charge in [-0.25, -0.2) is 4.39 Å². The van der Waals surface area contributed by atoms with Crippen molar-refractivity contribution in [1.29, 1.82) is 0 Å². The number of rotatable bonds is 5. The Labute approximate surface area is 160 Å². The number of halogens is 1. The van der Waals surface area contributed by atoms with E-state index in [1.807, 2.05) is 0 Å². The van der Waals surface area contributed by atoms with E-state index in [2.05, 4.69) is 0 Å². The zero-order chi connectivity index (χ0) is 19.6. The third-order valence-electron chi connectivity index (χ3n) is 4.40. The number of methoxy groups -OCH3 is 1. The van der Waals surface area contributed by atoms with Crippen molar-refractivity contribution in [3.8, 4) is 11.5 Å². The van der Waals surface area contributed by atoms with Gasteiger partial charge in [-0.2, -0.15) is 0 Å². The fraction of sp³-hybridized carbons (Fsp3) is 0.368.